The Bertz CT molecular complexity index is 348. The van der Waals surface area contributed by atoms with Crippen molar-refractivity contribution in [1.82, 2.24) is 0 Å². The maximum Gasteiger partial charge on any atom is 0.193 e. The van der Waals surface area contributed by atoms with Crippen molar-refractivity contribution >= 4 is 30.9 Å². The summed E-state index contributed by atoms with van der Waals surface area (Å²) in [6, 6.07) is 0. The molecule has 0 radical (unpaired) electrons. The van der Waals surface area contributed by atoms with Crippen molar-refractivity contribution in [1.29, 1.82) is 0 Å². The summed E-state index contributed by atoms with van der Waals surface area (Å²) in [5.74, 6) is 0. The third kappa shape index (κ3) is 2.63. The van der Waals surface area contributed by atoms with Gasteiger partial charge in [-0.3, -0.25) is 0 Å². The van der Waals surface area contributed by atoms with Crippen LogP contribution in [0.25, 0.3) is 0 Å². The van der Waals surface area contributed by atoms with Gasteiger partial charge in [0.05, 0.1) is 6.10 Å². The number of hydrogen-bond donors (Lipinski definition) is 1. The molecule has 1 aliphatic heterocycles. The van der Waals surface area contributed by atoms with Crippen LogP contribution in [0.1, 0.15) is 20.8 Å². The fraction of sp³-hybridized carbons (Fsp3) is 0.833. The van der Waals surface area contributed by atoms with Crippen LogP contribution in [0.15, 0.2) is 9.66 Å². The Kier molecular flexibility index (Phi) is 3.54. The van der Waals surface area contributed by atoms with Gasteiger partial charge in [0.1, 0.15) is 18.3 Å². The smallest absolute Gasteiger partial charge is 0.193 e. The van der Waals surface area contributed by atoms with Crippen molar-refractivity contribution < 1.29 is 14.3 Å². The Labute approximate surface area is 118 Å². The Balaban J connectivity index is 2.11. The average molecular weight is 368 g/mol. The zero-order chi connectivity index (χ0) is 13.0. The van der Waals surface area contributed by atoms with E-state index in [1.165, 1.54) is 0 Å². The summed E-state index contributed by atoms with van der Waals surface area (Å²) in [4.78, 5) is 0. The molecule has 0 aromatic rings. The van der Waals surface area contributed by atoms with E-state index < -0.39 is 14.4 Å². The van der Waals surface area contributed by atoms with Gasteiger partial charge in [-0.15, -0.1) is 0 Å². The Morgan fingerprint density at radius 3 is 2.47 bits per heavy atom. The normalized spacial score (nSPS) is 37.5. The first-order chi connectivity index (χ1) is 7.63. The zero-order valence-corrected chi connectivity index (χ0v) is 14.2. The molecular weight excluding hydrogens is 347 g/mol. The van der Waals surface area contributed by atoms with Gasteiger partial charge in [-0.25, -0.2) is 0 Å². The van der Waals surface area contributed by atoms with Gasteiger partial charge in [0.25, 0.3) is 0 Å². The lowest BCUT2D eigenvalue weighted by molar-refractivity contribution is 0.174. The van der Waals surface area contributed by atoms with Gasteiger partial charge in [0.2, 0.25) is 0 Å². The van der Waals surface area contributed by atoms with Crippen LogP contribution in [0.4, 0.5) is 0 Å². The van der Waals surface area contributed by atoms with Gasteiger partial charge >= 0.3 is 0 Å². The first-order valence-electron chi connectivity index (χ1n) is 6.02. The number of rotatable bonds is 2. The number of aliphatic hydroxyl groups is 1. The third-order valence-corrected chi connectivity index (χ3v) is 9.51. The van der Waals surface area contributed by atoms with Gasteiger partial charge in [-0.05, 0) is 46.8 Å². The van der Waals surface area contributed by atoms with Crippen molar-refractivity contribution in [2.24, 2.45) is 0 Å². The molecule has 0 aromatic heterocycles. The first kappa shape index (κ1) is 14.0. The van der Waals surface area contributed by atoms with E-state index >= 15 is 0 Å². The van der Waals surface area contributed by atoms with E-state index in [0.29, 0.717) is 0 Å². The molecule has 1 saturated heterocycles. The molecule has 0 spiro atoms. The van der Waals surface area contributed by atoms with Crippen molar-refractivity contribution in [2.75, 3.05) is 0 Å². The molecule has 5 heteroatoms. The van der Waals surface area contributed by atoms with E-state index in [2.05, 4.69) is 56.5 Å². The third-order valence-electron chi connectivity index (χ3n) is 4.04. The number of epoxide rings is 1. The monoisotopic (exact) mass is 368 g/mol. The average Bonchev–Trinajstić information content (AvgIpc) is 2.91. The largest absolute Gasteiger partial charge is 0.408 e. The number of halogens is 1. The van der Waals surface area contributed by atoms with E-state index in [1.54, 1.807) is 0 Å². The highest BCUT2D eigenvalue weighted by atomic mass is 127. The fourth-order valence-electron chi connectivity index (χ4n) is 1.78. The van der Waals surface area contributed by atoms with Gasteiger partial charge in [0, 0.05) is 3.58 Å². The Morgan fingerprint density at radius 1 is 1.35 bits per heavy atom. The first-order valence-corrected chi connectivity index (χ1v) is 10.0. The number of hydrogen-bond acceptors (Lipinski definition) is 3. The maximum absolute atomic E-state index is 9.82. The predicted octanol–water partition coefficient (Wildman–Crippen LogP) is 2.84. The molecule has 1 N–H and O–H groups in total. The SMILES string of the molecule is CC(C)(C)[Si](C)(C)O[C@@H]1C=C(I)C(O)[C@H]2O[C@H]21. The molecule has 0 aromatic carbocycles. The minimum Gasteiger partial charge on any atom is -0.408 e. The molecule has 1 unspecified atom stereocenters. The fourth-order valence-corrected chi connectivity index (χ4v) is 3.72. The van der Waals surface area contributed by atoms with Crippen LogP contribution >= 0.6 is 22.6 Å². The summed E-state index contributed by atoms with van der Waals surface area (Å²) >= 11 is 2.18. The van der Waals surface area contributed by atoms with Crippen LogP contribution in [-0.4, -0.2) is 37.8 Å². The van der Waals surface area contributed by atoms with E-state index in [4.69, 9.17) is 9.16 Å². The molecule has 2 aliphatic rings. The molecule has 1 fully saturated rings. The topological polar surface area (TPSA) is 42.0 Å². The Hall–Kier alpha value is 0.567. The Morgan fingerprint density at radius 2 is 1.94 bits per heavy atom. The van der Waals surface area contributed by atoms with E-state index in [1.807, 2.05) is 6.08 Å². The van der Waals surface area contributed by atoms with Crippen LogP contribution in [0.2, 0.25) is 18.1 Å². The predicted molar refractivity (Wildman–Crippen MR) is 78.8 cm³/mol. The standard InChI is InChI=1S/C12H21IO3Si/c1-12(2,3)17(4,5)16-8-6-7(13)9(14)11-10(8)15-11/h6,8-11,14H,1-5H3/t8-,9?,10+,11-/m1/s1. The van der Waals surface area contributed by atoms with Gasteiger partial charge < -0.3 is 14.3 Å². The molecule has 2 rings (SSSR count). The van der Waals surface area contributed by atoms with Crippen molar-refractivity contribution in [3.05, 3.63) is 9.66 Å². The van der Waals surface area contributed by atoms with Crippen LogP contribution in [0.5, 0.6) is 0 Å². The summed E-state index contributed by atoms with van der Waals surface area (Å²) in [5.41, 5.74) is 0. The van der Waals surface area contributed by atoms with Crippen LogP contribution in [0.3, 0.4) is 0 Å². The van der Waals surface area contributed by atoms with Crippen molar-refractivity contribution in [3.8, 4) is 0 Å². The number of ether oxygens (including phenoxy) is 1. The number of fused-ring (bicyclic) bond motifs is 1. The lowest BCUT2D eigenvalue weighted by atomic mass is 10.0. The highest BCUT2D eigenvalue weighted by Crippen LogP contribution is 2.44. The molecule has 0 bridgehead atoms. The zero-order valence-electron chi connectivity index (χ0n) is 11.0. The molecule has 3 nitrogen and oxygen atoms in total. The molecule has 0 amide bonds. The summed E-state index contributed by atoms with van der Waals surface area (Å²) in [7, 11) is -1.77. The number of aliphatic hydroxyl groups excluding tert-OH is 1. The highest BCUT2D eigenvalue weighted by Gasteiger charge is 2.55. The van der Waals surface area contributed by atoms with Crippen molar-refractivity contribution in [3.63, 3.8) is 0 Å². The minimum absolute atomic E-state index is 0.0243. The molecule has 1 aliphatic carbocycles. The lowest BCUT2D eigenvalue weighted by Gasteiger charge is -2.39. The highest BCUT2D eigenvalue weighted by molar-refractivity contribution is 14.1. The second-order valence-corrected chi connectivity index (χ2v) is 12.4. The molecule has 0 saturated carbocycles. The van der Waals surface area contributed by atoms with Gasteiger partial charge in [-0.1, -0.05) is 20.8 Å². The second-order valence-electron chi connectivity index (χ2n) is 6.40. The quantitative estimate of drug-likeness (QED) is 0.463. The minimum atomic E-state index is -1.77. The summed E-state index contributed by atoms with van der Waals surface area (Å²) in [6.07, 6.45) is 1.63. The lowest BCUT2D eigenvalue weighted by Crippen LogP contribution is -2.46. The summed E-state index contributed by atoms with van der Waals surface area (Å²) in [6.45, 7) is 11.2. The molecule has 4 atom stereocenters. The van der Waals surface area contributed by atoms with Gasteiger partial charge in [0.15, 0.2) is 8.32 Å². The van der Waals surface area contributed by atoms with Crippen LogP contribution < -0.4 is 0 Å². The molecule has 17 heavy (non-hydrogen) atoms. The molecule has 98 valence electrons. The summed E-state index contributed by atoms with van der Waals surface area (Å²) in [5, 5.41) is 10.0. The van der Waals surface area contributed by atoms with Crippen molar-refractivity contribution in [2.45, 2.75) is 63.3 Å². The van der Waals surface area contributed by atoms with Crippen LogP contribution in [0, 0.1) is 0 Å². The maximum atomic E-state index is 9.82. The molecular formula is C12H21IO3Si. The van der Waals surface area contributed by atoms with E-state index in [-0.39, 0.29) is 23.4 Å². The van der Waals surface area contributed by atoms with E-state index in [0.717, 1.165) is 3.58 Å². The summed E-state index contributed by atoms with van der Waals surface area (Å²) < 4.78 is 12.8. The van der Waals surface area contributed by atoms with E-state index in [9.17, 15) is 5.11 Å². The molecule has 1 heterocycles. The van der Waals surface area contributed by atoms with Crippen LogP contribution in [-0.2, 0) is 9.16 Å². The van der Waals surface area contributed by atoms with Gasteiger partial charge in [-0.2, -0.15) is 0 Å². The second kappa shape index (κ2) is 4.30.